The van der Waals surface area contributed by atoms with E-state index < -0.39 is 0 Å². The van der Waals surface area contributed by atoms with Crippen LogP contribution in [0.3, 0.4) is 0 Å². The maximum atomic E-state index is 2.50. The molecule has 1 aromatic heterocycles. The van der Waals surface area contributed by atoms with Crippen molar-refractivity contribution in [1.82, 2.24) is 0 Å². The average molecular weight is 779 g/mol. The summed E-state index contributed by atoms with van der Waals surface area (Å²) >= 11 is 1.90. The van der Waals surface area contributed by atoms with Crippen molar-refractivity contribution in [1.29, 1.82) is 0 Å². The Bertz CT molecular complexity index is 3740. The molecule has 0 fully saturated rings. The summed E-state index contributed by atoms with van der Waals surface area (Å²) in [6.07, 6.45) is 0. The van der Waals surface area contributed by atoms with Crippen LogP contribution in [0.1, 0.15) is 25.0 Å². The molecule has 13 rings (SSSR count). The van der Waals surface area contributed by atoms with Gasteiger partial charge in [0.1, 0.15) is 0 Å². The fourth-order valence-corrected chi connectivity index (χ4v) is 12.0. The van der Waals surface area contributed by atoms with Gasteiger partial charge < -0.3 is 0 Å². The fourth-order valence-electron chi connectivity index (χ4n) is 10.9. The topological polar surface area (TPSA) is 0 Å². The van der Waals surface area contributed by atoms with Gasteiger partial charge in [0.15, 0.2) is 0 Å². The summed E-state index contributed by atoms with van der Waals surface area (Å²) in [6.45, 7) is 4.79. The van der Waals surface area contributed by atoms with E-state index in [1.807, 2.05) is 11.3 Å². The van der Waals surface area contributed by atoms with E-state index in [0.29, 0.717) is 0 Å². The second kappa shape index (κ2) is 12.5. The highest BCUT2D eigenvalue weighted by molar-refractivity contribution is 7.26. The Labute approximate surface area is 352 Å². The van der Waals surface area contributed by atoms with Crippen molar-refractivity contribution >= 4 is 85.4 Å². The highest BCUT2D eigenvalue weighted by Gasteiger charge is 2.36. The lowest BCUT2D eigenvalue weighted by Crippen LogP contribution is -2.14. The first-order valence-corrected chi connectivity index (χ1v) is 21.8. The molecule has 12 aromatic rings. The predicted molar refractivity (Wildman–Crippen MR) is 261 cm³/mol. The minimum Gasteiger partial charge on any atom is -0.135 e. The first kappa shape index (κ1) is 33.9. The van der Waals surface area contributed by atoms with Crippen molar-refractivity contribution in [2.75, 3.05) is 0 Å². The van der Waals surface area contributed by atoms with Crippen molar-refractivity contribution in [3.8, 4) is 44.5 Å². The van der Waals surface area contributed by atoms with Gasteiger partial charge in [0.25, 0.3) is 0 Å². The summed E-state index contributed by atoms with van der Waals surface area (Å²) in [7, 11) is 0. The Morgan fingerprint density at radius 3 is 1.58 bits per heavy atom. The molecule has 0 amide bonds. The average Bonchev–Trinajstić information content (AvgIpc) is 3.78. The first-order valence-electron chi connectivity index (χ1n) is 21.0. The van der Waals surface area contributed by atoms with Gasteiger partial charge >= 0.3 is 0 Å². The summed E-state index contributed by atoms with van der Waals surface area (Å²) in [4.78, 5) is 0. The quantitative estimate of drug-likeness (QED) is 0.157. The zero-order valence-corrected chi connectivity index (χ0v) is 34.2. The molecule has 1 heterocycles. The van der Waals surface area contributed by atoms with E-state index in [4.69, 9.17) is 0 Å². The Balaban J connectivity index is 1.03. The Morgan fingerprint density at radius 2 is 0.867 bits per heavy atom. The van der Waals surface area contributed by atoms with Crippen LogP contribution < -0.4 is 0 Å². The van der Waals surface area contributed by atoms with Gasteiger partial charge in [0.2, 0.25) is 0 Å². The van der Waals surface area contributed by atoms with E-state index in [0.717, 1.165) is 0 Å². The maximum Gasteiger partial charge on any atom is 0.0361 e. The lowest BCUT2D eigenvalue weighted by molar-refractivity contribution is 0.661. The third-order valence-electron chi connectivity index (χ3n) is 13.6. The summed E-state index contributed by atoms with van der Waals surface area (Å²) in [5, 5.41) is 15.6. The molecule has 0 atom stereocenters. The Morgan fingerprint density at radius 1 is 0.317 bits per heavy atom. The normalized spacial score (nSPS) is 13.3. The summed E-state index contributed by atoms with van der Waals surface area (Å²) in [6, 6.07) is 73.1. The standard InChI is InChI=1S/C59H38S/c1-59(2)52-30-26-36(32-50(52)51-34-49-37(33-53(51)59)27-31-55-58(49)48-23-11-12-25-54(48)60-55)39-28-29-47(41-18-6-5-17-40(39)41)57-45-21-9-7-19-43(45)56(44-20-8-10-22-46(44)57)42-24-13-15-35-14-3-4-16-38(35)42/h3-34H,1-2H3. The van der Waals surface area contributed by atoms with Crippen LogP contribution in [0.25, 0.3) is 119 Å². The molecule has 0 saturated carbocycles. The SMILES string of the molecule is CC1(C)c2ccc(-c3ccc(-c4c5ccccc5c(-c5cccc6ccccc56)c5ccccc45)c4ccccc34)cc2-c2cc3c(ccc4sc5ccccc5c43)cc21. The molecule has 11 aromatic carbocycles. The Hall–Kier alpha value is -7.06. The number of thiophene rings is 1. The largest absolute Gasteiger partial charge is 0.135 e. The smallest absolute Gasteiger partial charge is 0.0361 e. The van der Waals surface area contributed by atoms with Gasteiger partial charge in [0, 0.05) is 25.6 Å². The zero-order valence-electron chi connectivity index (χ0n) is 33.4. The third kappa shape index (κ3) is 4.67. The van der Waals surface area contributed by atoms with Crippen molar-refractivity contribution in [2.45, 2.75) is 19.3 Å². The van der Waals surface area contributed by atoms with Crippen LogP contribution in [0.2, 0.25) is 0 Å². The molecule has 0 nitrogen and oxygen atoms in total. The second-order valence-electron chi connectivity index (χ2n) is 17.1. The van der Waals surface area contributed by atoms with Crippen LogP contribution in [-0.2, 0) is 5.41 Å². The molecule has 60 heavy (non-hydrogen) atoms. The summed E-state index contributed by atoms with van der Waals surface area (Å²) in [5.74, 6) is 0. The van der Waals surface area contributed by atoms with E-state index >= 15 is 0 Å². The van der Waals surface area contributed by atoms with Gasteiger partial charge in [-0.2, -0.15) is 0 Å². The van der Waals surface area contributed by atoms with E-state index in [1.165, 1.54) is 130 Å². The summed E-state index contributed by atoms with van der Waals surface area (Å²) in [5.41, 5.74) is 13.0. The molecule has 0 unspecified atom stereocenters. The molecule has 0 spiro atoms. The van der Waals surface area contributed by atoms with Crippen LogP contribution in [-0.4, -0.2) is 0 Å². The third-order valence-corrected chi connectivity index (χ3v) is 14.8. The highest BCUT2D eigenvalue weighted by Crippen LogP contribution is 2.53. The summed E-state index contributed by atoms with van der Waals surface area (Å²) < 4.78 is 2.70. The second-order valence-corrected chi connectivity index (χ2v) is 18.2. The van der Waals surface area contributed by atoms with Crippen LogP contribution in [0.15, 0.2) is 194 Å². The molecule has 0 radical (unpaired) electrons. The number of hydrogen-bond donors (Lipinski definition) is 0. The van der Waals surface area contributed by atoms with E-state index in [1.54, 1.807) is 0 Å². The van der Waals surface area contributed by atoms with Crippen LogP contribution >= 0.6 is 11.3 Å². The molecule has 0 saturated heterocycles. The predicted octanol–water partition coefficient (Wildman–Crippen LogP) is 17.1. The van der Waals surface area contributed by atoms with Gasteiger partial charge in [-0.3, -0.25) is 0 Å². The highest BCUT2D eigenvalue weighted by atomic mass is 32.1. The van der Waals surface area contributed by atoms with Gasteiger partial charge in [-0.15, -0.1) is 11.3 Å². The molecule has 1 aliphatic carbocycles. The van der Waals surface area contributed by atoms with Gasteiger partial charge in [-0.1, -0.05) is 178 Å². The van der Waals surface area contributed by atoms with Gasteiger partial charge in [0.05, 0.1) is 0 Å². The molecule has 1 heteroatoms. The molecule has 0 aliphatic heterocycles. The molecular weight excluding hydrogens is 741 g/mol. The zero-order chi connectivity index (χ0) is 39.7. The number of fused-ring (bicyclic) bond motifs is 12. The minimum atomic E-state index is -0.102. The maximum absolute atomic E-state index is 2.50. The van der Waals surface area contributed by atoms with Crippen molar-refractivity contribution < 1.29 is 0 Å². The first-order chi connectivity index (χ1) is 29.5. The van der Waals surface area contributed by atoms with E-state index in [-0.39, 0.29) is 5.41 Å². The van der Waals surface area contributed by atoms with Crippen LogP contribution in [0, 0.1) is 0 Å². The van der Waals surface area contributed by atoms with Crippen molar-refractivity contribution in [3.63, 3.8) is 0 Å². The van der Waals surface area contributed by atoms with Crippen LogP contribution in [0.5, 0.6) is 0 Å². The minimum absolute atomic E-state index is 0.102. The van der Waals surface area contributed by atoms with E-state index in [2.05, 4.69) is 208 Å². The monoisotopic (exact) mass is 778 g/mol. The van der Waals surface area contributed by atoms with E-state index in [9.17, 15) is 0 Å². The van der Waals surface area contributed by atoms with Crippen molar-refractivity contribution in [3.05, 3.63) is 205 Å². The number of benzene rings is 11. The molecular formula is C59H38S. The lowest BCUT2D eigenvalue weighted by atomic mass is 9.81. The van der Waals surface area contributed by atoms with Crippen molar-refractivity contribution in [2.24, 2.45) is 0 Å². The molecule has 0 N–H and O–H groups in total. The molecule has 0 bridgehead atoms. The van der Waals surface area contributed by atoms with Gasteiger partial charge in [-0.25, -0.2) is 0 Å². The molecule has 1 aliphatic rings. The molecule has 280 valence electrons. The fraction of sp³-hybridized carbons (Fsp3) is 0.0508. The Kier molecular flexibility index (Phi) is 7.04. The number of rotatable bonds is 3. The van der Waals surface area contributed by atoms with Crippen LogP contribution in [0.4, 0.5) is 0 Å². The van der Waals surface area contributed by atoms with Gasteiger partial charge in [-0.05, 0) is 140 Å². The number of hydrogen-bond acceptors (Lipinski definition) is 1. The lowest BCUT2D eigenvalue weighted by Gasteiger charge is -2.22.